The molecule has 0 unspecified atom stereocenters. The van der Waals surface area contributed by atoms with E-state index in [1.807, 2.05) is 0 Å². The van der Waals surface area contributed by atoms with Gasteiger partial charge in [0.25, 0.3) is 0 Å². The third-order valence-electron chi connectivity index (χ3n) is 4.27. The molecule has 0 spiro atoms. The standard InChI is InChI=1S/C18H22N2O/c1-5-19(3)13-7-9-17-15(11-13)16-12-14(20(4)6-2)8-10-18(16)21-17/h7-12H,5-6H2,1-4H3. The number of nitrogens with zero attached hydrogens (tertiary/aromatic N) is 2. The van der Waals surface area contributed by atoms with Crippen molar-refractivity contribution in [2.75, 3.05) is 37.0 Å². The lowest BCUT2D eigenvalue weighted by molar-refractivity contribution is 0.669. The van der Waals surface area contributed by atoms with Gasteiger partial charge in [0, 0.05) is 49.3 Å². The molecule has 1 aromatic heterocycles. The third kappa shape index (κ3) is 2.33. The van der Waals surface area contributed by atoms with Crippen LogP contribution in [-0.4, -0.2) is 27.2 Å². The molecule has 0 aliphatic carbocycles. The lowest BCUT2D eigenvalue weighted by Gasteiger charge is -2.17. The Morgan fingerprint density at radius 2 is 1.19 bits per heavy atom. The Kier molecular flexibility index (Phi) is 3.50. The Bertz CT molecular complexity index is 711. The normalized spacial score (nSPS) is 11.2. The van der Waals surface area contributed by atoms with Crippen molar-refractivity contribution in [3.8, 4) is 0 Å². The van der Waals surface area contributed by atoms with E-state index in [0.29, 0.717) is 0 Å². The number of hydrogen-bond donors (Lipinski definition) is 0. The van der Waals surface area contributed by atoms with Crippen LogP contribution < -0.4 is 9.80 Å². The zero-order valence-corrected chi connectivity index (χ0v) is 13.2. The molecule has 0 atom stereocenters. The molecule has 0 amide bonds. The number of hydrogen-bond acceptors (Lipinski definition) is 3. The lowest BCUT2D eigenvalue weighted by atomic mass is 10.1. The van der Waals surface area contributed by atoms with Crippen LogP contribution in [-0.2, 0) is 0 Å². The van der Waals surface area contributed by atoms with E-state index in [0.717, 1.165) is 24.3 Å². The zero-order valence-electron chi connectivity index (χ0n) is 13.2. The Labute approximate surface area is 125 Å². The van der Waals surface area contributed by atoms with Gasteiger partial charge in [0.1, 0.15) is 11.2 Å². The summed E-state index contributed by atoms with van der Waals surface area (Å²) in [5.41, 5.74) is 4.35. The smallest absolute Gasteiger partial charge is 0.135 e. The van der Waals surface area contributed by atoms with Crippen LogP contribution in [0, 0.1) is 0 Å². The molecule has 1 heterocycles. The SMILES string of the molecule is CCN(C)c1ccc2oc3ccc(N(C)CC)cc3c2c1. The van der Waals surface area contributed by atoms with E-state index in [1.54, 1.807) is 0 Å². The predicted octanol–water partition coefficient (Wildman–Crippen LogP) is 4.50. The molecule has 2 aromatic carbocycles. The van der Waals surface area contributed by atoms with Crippen molar-refractivity contribution in [1.82, 2.24) is 0 Å². The molecule has 0 saturated heterocycles. The Balaban J connectivity index is 2.21. The molecule has 0 saturated carbocycles. The van der Waals surface area contributed by atoms with Crippen molar-refractivity contribution >= 4 is 33.3 Å². The highest BCUT2D eigenvalue weighted by molar-refractivity contribution is 6.07. The molecule has 0 N–H and O–H groups in total. The summed E-state index contributed by atoms with van der Waals surface area (Å²) in [6.45, 7) is 6.30. The number of rotatable bonds is 4. The molecular formula is C18H22N2O. The van der Waals surface area contributed by atoms with E-state index < -0.39 is 0 Å². The van der Waals surface area contributed by atoms with Gasteiger partial charge in [-0.05, 0) is 50.2 Å². The monoisotopic (exact) mass is 282 g/mol. The van der Waals surface area contributed by atoms with Gasteiger partial charge in [-0.1, -0.05) is 0 Å². The molecular weight excluding hydrogens is 260 g/mol. The molecule has 0 aliphatic heterocycles. The molecule has 0 fully saturated rings. The first kappa shape index (κ1) is 13.8. The average molecular weight is 282 g/mol. The van der Waals surface area contributed by atoms with E-state index in [2.05, 4.69) is 74.1 Å². The molecule has 3 heteroatoms. The maximum Gasteiger partial charge on any atom is 0.135 e. The summed E-state index contributed by atoms with van der Waals surface area (Å²) in [6, 6.07) is 12.8. The minimum atomic E-state index is 0.953. The molecule has 3 nitrogen and oxygen atoms in total. The van der Waals surface area contributed by atoms with Crippen LogP contribution >= 0.6 is 0 Å². The van der Waals surface area contributed by atoms with Crippen molar-refractivity contribution in [2.45, 2.75) is 13.8 Å². The molecule has 0 radical (unpaired) electrons. The van der Waals surface area contributed by atoms with Crippen LogP contribution in [0.5, 0.6) is 0 Å². The summed E-state index contributed by atoms with van der Waals surface area (Å²) >= 11 is 0. The van der Waals surface area contributed by atoms with Gasteiger partial charge in [-0.25, -0.2) is 0 Å². The number of benzene rings is 2. The van der Waals surface area contributed by atoms with Crippen molar-refractivity contribution in [1.29, 1.82) is 0 Å². The van der Waals surface area contributed by atoms with E-state index in [9.17, 15) is 0 Å². The third-order valence-corrected chi connectivity index (χ3v) is 4.27. The van der Waals surface area contributed by atoms with Gasteiger partial charge >= 0.3 is 0 Å². The second kappa shape index (κ2) is 5.32. The predicted molar refractivity (Wildman–Crippen MR) is 91.6 cm³/mol. The van der Waals surface area contributed by atoms with Crippen LogP contribution in [0.25, 0.3) is 21.9 Å². The topological polar surface area (TPSA) is 19.6 Å². The highest BCUT2D eigenvalue weighted by atomic mass is 16.3. The molecule has 3 rings (SSSR count). The van der Waals surface area contributed by atoms with E-state index >= 15 is 0 Å². The maximum absolute atomic E-state index is 5.95. The van der Waals surface area contributed by atoms with Gasteiger partial charge in [0.2, 0.25) is 0 Å². The molecule has 0 aliphatic rings. The second-order valence-corrected chi connectivity index (χ2v) is 5.49. The van der Waals surface area contributed by atoms with Gasteiger partial charge in [-0.15, -0.1) is 0 Å². The lowest BCUT2D eigenvalue weighted by Crippen LogP contribution is -2.15. The fourth-order valence-corrected chi connectivity index (χ4v) is 2.59. The van der Waals surface area contributed by atoms with Gasteiger partial charge in [0.15, 0.2) is 0 Å². The van der Waals surface area contributed by atoms with Crippen molar-refractivity contribution < 1.29 is 4.42 Å². The van der Waals surface area contributed by atoms with Crippen LogP contribution in [0.1, 0.15) is 13.8 Å². The first-order valence-corrected chi connectivity index (χ1v) is 7.52. The van der Waals surface area contributed by atoms with Crippen molar-refractivity contribution in [2.24, 2.45) is 0 Å². The fourth-order valence-electron chi connectivity index (χ4n) is 2.59. The number of anilines is 2. The summed E-state index contributed by atoms with van der Waals surface area (Å²) in [4.78, 5) is 4.47. The first-order valence-electron chi connectivity index (χ1n) is 7.52. The van der Waals surface area contributed by atoms with Gasteiger partial charge < -0.3 is 14.2 Å². The average Bonchev–Trinajstić information content (AvgIpc) is 2.90. The molecule has 21 heavy (non-hydrogen) atoms. The fraction of sp³-hybridized carbons (Fsp3) is 0.333. The van der Waals surface area contributed by atoms with Crippen LogP contribution in [0.2, 0.25) is 0 Å². The number of furan rings is 1. The van der Waals surface area contributed by atoms with Gasteiger partial charge in [-0.2, -0.15) is 0 Å². The quantitative estimate of drug-likeness (QED) is 0.702. The molecule has 110 valence electrons. The largest absolute Gasteiger partial charge is 0.456 e. The summed E-state index contributed by atoms with van der Waals surface area (Å²) in [5.74, 6) is 0. The van der Waals surface area contributed by atoms with Crippen LogP contribution in [0.4, 0.5) is 11.4 Å². The van der Waals surface area contributed by atoms with E-state index in [1.165, 1.54) is 22.1 Å². The highest BCUT2D eigenvalue weighted by Gasteiger charge is 2.10. The maximum atomic E-state index is 5.95. The second-order valence-electron chi connectivity index (χ2n) is 5.49. The summed E-state index contributed by atoms with van der Waals surface area (Å²) in [6.07, 6.45) is 0. The molecule has 0 bridgehead atoms. The minimum Gasteiger partial charge on any atom is -0.456 e. The Morgan fingerprint density at radius 3 is 1.57 bits per heavy atom. The zero-order chi connectivity index (χ0) is 15.0. The van der Waals surface area contributed by atoms with E-state index in [-0.39, 0.29) is 0 Å². The van der Waals surface area contributed by atoms with Crippen LogP contribution in [0.3, 0.4) is 0 Å². The number of fused-ring (bicyclic) bond motifs is 3. The minimum absolute atomic E-state index is 0.953. The summed E-state index contributed by atoms with van der Waals surface area (Å²) in [5, 5.41) is 2.38. The van der Waals surface area contributed by atoms with Gasteiger partial charge in [-0.3, -0.25) is 0 Å². The van der Waals surface area contributed by atoms with Gasteiger partial charge in [0.05, 0.1) is 0 Å². The highest BCUT2D eigenvalue weighted by Crippen LogP contribution is 2.33. The Morgan fingerprint density at radius 1 is 0.762 bits per heavy atom. The summed E-state index contributed by atoms with van der Waals surface area (Å²) in [7, 11) is 4.22. The van der Waals surface area contributed by atoms with Crippen LogP contribution in [0.15, 0.2) is 40.8 Å². The Hall–Kier alpha value is -2.16. The van der Waals surface area contributed by atoms with E-state index in [4.69, 9.17) is 4.42 Å². The van der Waals surface area contributed by atoms with Crippen molar-refractivity contribution in [3.63, 3.8) is 0 Å². The summed E-state index contributed by atoms with van der Waals surface area (Å²) < 4.78 is 5.95. The first-order chi connectivity index (χ1) is 10.1. The van der Waals surface area contributed by atoms with Crippen molar-refractivity contribution in [3.05, 3.63) is 36.4 Å². The molecule has 3 aromatic rings.